The SMILES string of the molecule is C=C/C=C\C(=C)C(C)(/C(C=C)=C/C=C)/C(C=C)=C/C=C\C. The van der Waals surface area contributed by atoms with Gasteiger partial charge in [-0.25, -0.2) is 0 Å². The molecule has 0 saturated heterocycles. The zero-order valence-corrected chi connectivity index (χ0v) is 13.3. The molecule has 110 valence electrons. The summed E-state index contributed by atoms with van der Waals surface area (Å²) in [5, 5.41) is 0. The highest BCUT2D eigenvalue weighted by Crippen LogP contribution is 2.43. The van der Waals surface area contributed by atoms with E-state index in [-0.39, 0.29) is 0 Å². The molecule has 0 bridgehead atoms. The maximum absolute atomic E-state index is 4.22. The van der Waals surface area contributed by atoms with Gasteiger partial charge in [-0.3, -0.25) is 0 Å². The minimum atomic E-state index is -0.420. The summed E-state index contributed by atoms with van der Waals surface area (Å²) in [6.07, 6.45) is 19.0. The molecule has 0 aliphatic heterocycles. The summed E-state index contributed by atoms with van der Waals surface area (Å²) in [5.74, 6) is 0. The molecule has 0 N–H and O–H groups in total. The van der Waals surface area contributed by atoms with Gasteiger partial charge in [-0.15, -0.1) is 0 Å². The van der Waals surface area contributed by atoms with E-state index < -0.39 is 5.41 Å². The van der Waals surface area contributed by atoms with Crippen LogP contribution in [0.25, 0.3) is 0 Å². The highest BCUT2D eigenvalue weighted by Gasteiger charge is 2.31. The second-order valence-corrected chi connectivity index (χ2v) is 4.66. The van der Waals surface area contributed by atoms with Crippen LogP contribution in [0, 0.1) is 5.41 Å². The zero-order valence-electron chi connectivity index (χ0n) is 13.3. The average molecular weight is 278 g/mol. The molecule has 0 aromatic carbocycles. The highest BCUT2D eigenvalue weighted by atomic mass is 14.3. The molecule has 0 aromatic heterocycles. The van der Waals surface area contributed by atoms with Crippen molar-refractivity contribution in [3.63, 3.8) is 0 Å². The molecule has 0 saturated carbocycles. The largest absolute Gasteiger partial charge is 0.0991 e. The summed E-state index contributed by atoms with van der Waals surface area (Å²) in [6, 6.07) is 0. The smallest absolute Gasteiger partial charge is 0.0416 e. The van der Waals surface area contributed by atoms with Gasteiger partial charge < -0.3 is 0 Å². The van der Waals surface area contributed by atoms with E-state index in [1.807, 2.05) is 55.5 Å². The number of rotatable bonds is 9. The third-order valence-electron chi connectivity index (χ3n) is 3.44. The molecule has 0 fully saturated rings. The monoisotopic (exact) mass is 278 g/mol. The predicted molar refractivity (Wildman–Crippen MR) is 98.2 cm³/mol. The molecule has 0 aliphatic carbocycles. The fourth-order valence-electron chi connectivity index (χ4n) is 2.09. The Hall–Kier alpha value is -2.34. The second-order valence-electron chi connectivity index (χ2n) is 4.66. The van der Waals surface area contributed by atoms with Gasteiger partial charge in [-0.2, -0.15) is 0 Å². The van der Waals surface area contributed by atoms with Gasteiger partial charge in [-0.1, -0.05) is 93.7 Å². The standard InChI is InChI=1S/C21H26/c1-8-13-16-18(6)21(7,19(11-4)15-10-3)20(12-5)17-14-9-2/h8-17H,1,3-6H2,2,7H3/b14-9-,16-13-,19-15+,20-17+. The third-order valence-corrected chi connectivity index (χ3v) is 3.44. The van der Waals surface area contributed by atoms with E-state index in [0.717, 1.165) is 16.7 Å². The molecule has 0 heterocycles. The van der Waals surface area contributed by atoms with Crippen molar-refractivity contribution < 1.29 is 0 Å². The first-order chi connectivity index (χ1) is 10.0. The van der Waals surface area contributed by atoms with Crippen LogP contribution < -0.4 is 0 Å². The van der Waals surface area contributed by atoms with E-state index in [2.05, 4.69) is 39.8 Å². The minimum absolute atomic E-state index is 0.420. The van der Waals surface area contributed by atoms with Crippen molar-refractivity contribution >= 4 is 0 Å². The fraction of sp³-hybridized carbons (Fsp3) is 0.143. The van der Waals surface area contributed by atoms with Gasteiger partial charge in [0.2, 0.25) is 0 Å². The number of hydrogen-bond acceptors (Lipinski definition) is 0. The van der Waals surface area contributed by atoms with Gasteiger partial charge in [0.15, 0.2) is 0 Å². The Morgan fingerprint density at radius 1 is 0.857 bits per heavy atom. The fourth-order valence-corrected chi connectivity index (χ4v) is 2.09. The maximum atomic E-state index is 4.22. The Morgan fingerprint density at radius 3 is 1.86 bits per heavy atom. The van der Waals surface area contributed by atoms with Crippen LogP contribution in [0.5, 0.6) is 0 Å². The first kappa shape index (κ1) is 18.7. The lowest BCUT2D eigenvalue weighted by Gasteiger charge is -2.33. The first-order valence-corrected chi connectivity index (χ1v) is 6.92. The van der Waals surface area contributed by atoms with Crippen LogP contribution >= 0.6 is 0 Å². The third kappa shape index (κ3) is 4.61. The molecular weight excluding hydrogens is 252 g/mol. The molecule has 21 heavy (non-hydrogen) atoms. The average Bonchev–Trinajstić information content (AvgIpc) is 2.50. The molecule has 0 amide bonds. The summed E-state index contributed by atoms with van der Waals surface area (Å²) in [5.41, 5.74) is 2.58. The molecule has 1 unspecified atom stereocenters. The van der Waals surface area contributed by atoms with Gasteiger partial charge in [-0.05, 0) is 30.6 Å². The van der Waals surface area contributed by atoms with E-state index in [4.69, 9.17) is 0 Å². The molecule has 0 spiro atoms. The summed E-state index contributed by atoms with van der Waals surface area (Å²) in [4.78, 5) is 0. The topological polar surface area (TPSA) is 0 Å². The normalized spacial score (nSPS) is 15.7. The van der Waals surface area contributed by atoms with Gasteiger partial charge >= 0.3 is 0 Å². The number of allylic oxidation sites excluding steroid dienone is 13. The lowest BCUT2D eigenvalue weighted by molar-refractivity contribution is 0.620. The zero-order chi connectivity index (χ0) is 16.3. The van der Waals surface area contributed by atoms with Crippen LogP contribution in [0.4, 0.5) is 0 Å². The van der Waals surface area contributed by atoms with Crippen molar-refractivity contribution in [2.45, 2.75) is 13.8 Å². The minimum Gasteiger partial charge on any atom is -0.0991 e. The highest BCUT2D eigenvalue weighted by molar-refractivity contribution is 5.52. The van der Waals surface area contributed by atoms with Crippen LogP contribution in [0.2, 0.25) is 0 Å². The van der Waals surface area contributed by atoms with Crippen molar-refractivity contribution in [3.8, 4) is 0 Å². The van der Waals surface area contributed by atoms with Crippen LogP contribution in [-0.2, 0) is 0 Å². The molecule has 0 rings (SSSR count). The molecule has 1 atom stereocenters. The Kier molecular flexibility index (Phi) is 8.48. The van der Waals surface area contributed by atoms with Crippen LogP contribution in [-0.4, -0.2) is 0 Å². The number of hydrogen-bond donors (Lipinski definition) is 0. The lowest BCUT2D eigenvalue weighted by atomic mass is 9.69. The molecule has 0 aromatic rings. The van der Waals surface area contributed by atoms with Crippen molar-refractivity contribution in [2.24, 2.45) is 5.41 Å². The van der Waals surface area contributed by atoms with Crippen molar-refractivity contribution in [3.05, 3.63) is 110 Å². The van der Waals surface area contributed by atoms with Gasteiger partial charge in [0.05, 0.1) is 0 Å². The Bertz CT molecular complexity index is 532. The van der Waals surface area contributed by atoms with E-state index in [1.165, 1.54) is 0 Å². The summed E-state index contributed by atoms with van der Waals surface area (Å²) in [6.45, 7) is 23.7. The molecule has 0 nitrogen and oxygen atoms in total. The van der Waals surface area contributed by atoms with Crippen molar-refractivity contribution in [2.75, 3.05) is 0 Å². The first-order valence-electron chi connectivity index (χ1n) is 6.92. The quantitative estimate of drug-likeness (QED) is 0.435. The Morgan fingerprint density at radius 2 is 1.43 bits per heavy atom. The van der Waals surface area contributed by atoms with Crippen molar-refractivity contribution in [1.29, 1.82) is 0 Å². The summed E-state index contributed by atoms with van der Waals surface area (Å²) in [7, 11) is 0. The molecule has 0 aliphatic rings. The van der Waals surface area contributed by atoms with E-state index in [1.54, 1.807) is 12.2 Å². The maximum Gasteiger partial charge on any atom is 0.0416 e. The van der Waals surface area contributed by atoms with E-state index >= 15 is 0 Å². The molecule has 0 heteroatoms. The molecular formula is C21H26. The van der Waals surface area contributed by atoms with Crippen LogP contribution in [0.1, 0.15) is 13.8 Å². The summed E-state index contributed by atoms with van der Waals surface area (Å²) >= 11 is 0. The Labute approximate surface area is 130 Å². The van der Waals surface area contributed by atoms with Gasteiger partial charge in [0, 0.05) is 5.41 Å². The summed E-state index contributed by atoms with van der Waals surface area (Å²) < 4.78 is 0. The van der Waals surface area contributed by atoms with Gasteiger partial charge in [0.1, 0.15) is 0 Å². The Balaban J connectivity index is 6.27. The van der Waals surface area contributed by atoms with E-state index in [9.17, 15) is 0 Å². The second kappa shape index (κ2) is 9.55. The van der Waals surface area contributed by atoms with Crippen molar-refractivity contribution in [1.82, 2.24) is 0 Å². The van der Waals surface area contributed by atoms with Crippen LogP contribution in [0.15, 0.2) is 110 Å². The molecule has 0 radical (unpaired) electrons. The van der Waals surface area contributed by atoms with Gasteiger partial charge in [0.25, 0.3) is 0 Å². The van der Waals surface area contributed by atoms with Crippen LogP contribution in [0.3, 0.4) is 0 Å². The lowest BCUT2D eigenvalue weighted by Crippen LogP contribution is -2.22. The predicted octanol–water partition coefficient (Wildman–Crippen LogP) is 6.28. The van der Waals surface area contributed by atoms with E-state index in [0.29, 0.717) is 0 Å².